The van der Waals surface area contributed by atoms with E-state index in [4.69, 9.17) is 5.73 Å². The number of likely N-dealkylation sites (tertiary alicyclic amines) is 1. The topological polar surface area (TPSA) is 46.3 Å². The minimum Gasteiger partial charge on any atom is -0.334 e. The third kappa shape index (κ3) is 2.19. The molecular formula is C13H18N2OS2. The van der Waals surface area contributed by atoms with Crippen LogP contribution < -0.4 is 5.73 Å². The van der Waals surface area contributed by atoms with Gasteiger partial charge in [0.2, 0.25) is 0 Å². The van der Waals surface area contributed by atoms with Crippen molar-refractivity contribution in [3.63, 3.8) is 0 Å². The molecule has 2 aliphatic rings. The summed E-state index contributed by atoms with van der Waals surface area (Å²) >= 11 is 3.66. The highest BCUT2D eigenvalue weighted by Crippen LogP contribution is 2.33. The molecule has 2 N–H and O–H groups in total. The van der Waals surface area contributed by atoms with Crippen molar-refractivity contribution in [3.8, 4) is 0 Å². The van der Waals surface area contributed by atoms with Gasteiger partial charge in [-0.15, -0.1) is 11.3 Å². The van der Waals surface area contributed by atoms with E-state index in [1.165, 1.54) is 16.2 Å². The van der Waals surface area contributed by atoms with E-state index in [1.807, 2.05) is 16.7 Å². The quantitative estimate of drug-likeness (QED) is 0.903. The van der Waals surface area contributed by atoms with E-state index in [2.05, 4.69) is 6.07 Å². The second kappa shape index (κ2) is 5.23. The van der Waals surface area contributed by atoms with E-state index < -0.39 is 0 Å². The lowest BCUT2D eigenvalue weighted by Crippen LogP contribution is -2.39. The Kier molecular flexibility index (Phi) is 3.63. The maximum absolute atomic E-state index is 12.5. The van der Waals surface area contributed by atoms with Crippen LogP contribution in [-0.2, 0) is 12.2 Å². The van der Waals surface area contributed by atoms with Crippen molar-refractivity contribution >= 4 is 29.0 Å². The van der Waals surface area contributed by atoms with Gasteiger partial charge in [-0.25, -0.2) is 0 Å². The number of hydrogen-bond acceptors (Lipinski definition) is 4. The highest BCUT2D eigenvalue weighted by atomic mass is 32.2. The average Bonchev–Trinajstić information content (AvgIpc) is 3.03. The number of carbonyl (C=O) groups excluding carboxylic acids is 1. The van der Waals surface area contributed by atoms with Gasteiger partial charge in [-0.1, -0.05) is 0 Å². The minimum atomic E-state index is 0.201. The van der Waals surface area contributed by atoms with Crippen LogP contribution in [0.3, 0.4) is 0 Å². The van der Waals surface area contributed by atoms with E-state index in [1.54, 1.807) is 11.3 Å². The van der Waals surface area contributed by atoms with Gasteiger partial charge in [0.15, 0.2) is 0 Å². The Balaban J connectivity index is 1.81. The van der Waals surface area contributed by atoms with Crippen molar-refractivity contribution in [2.24, 2.45) is 5.73 Å². The maximum atomic E-state index is 12.5. The zero-order valence-corrected chi connectivity index (χ0v) is 12.0. The van der Waals surface area contributed by atoms with Gasteiger partial charge in [0.05, 0.1) is 4.88 Å². The van der Waals surface area contributed by atoms with E-state index in [0.29, 0.717) is 6.54 Å². The van der Waals surface area contributed by atoms with Crippen LogP contribution in [0.5, 0.6) is 0 Å². The van der Waals surface area contributed by atoms with Crippen molar-refractivity contribution in [1.29, 1.82) is 0 Å². The van der Waals surface area contributed by atoms with Crippen LogP contribution in [0, 0.1) is 0 Å². The number of aryl methyl sites for hydroxylation is 1. The highest BCUT2D eigenvalue weighted by molar-refractivity contribution is 7.98. The number of thiophene rings is 1. The van der Waals surface area contributed by atoms with Gasteiger partial charge in [-0.2, -0.15) is 11.8 Å². The van der Waals surface area contributed by atoms with Crippen LogP contribution in [0.1, 0.15) is 33.0 Å². The number of amides is 1. The lowest BCUT2D eigenvalue weighted by atomic mass is 10.2. The summed E-state index contributed by atoms with van der Waals surface area (Å²) < 4.78 is 0. The molecule has 5 heteroatoms. The third-order valence-corrected chi connectivity index (χ3v) is 5.98. The van der Waals surface area contributed by atoms with Gasteiger partial charge in [0.1, 0.15) is 0 Å². The summed E-state index contributed by atoms with van der Waals surface area (Å²) in [5.41, 5.74) is 7.12. The third-order valence-electron chi connectivity index (χ3n) is 3.75. The van der Waals surface area contributed by atoms with Crippen LogP contribution in [-0.4, -0.2) is 35.7 Å². The Morgan fingerprint density at radius 2 is 2.44 bits per heavy atom. The summed E-state index contributed by atoms with van der Waals surface area (Å²) in [6.45, 7) is 1.46. The molecule has 0 saturated carbocycles. The van der Waals surface area contributed by atoms with Crippen molar-refractivity contribution in [3.05, 3.63) is 21.4 Å². The largest absolute Gasteiger partial charge is 0.334 e. The number of carbonyl (C=O) groups is 1. The Morgan fingerprint density at radius 3 is 3.22 bits per heavy atom. The Morgan fingerprint density at radius 1 is 1.56 bits per heavy atom. The van der Waals surface area contributed by atoms with Crippen molar-refractivity contribution in [1.82, 2.24) is 4.90 Å². The molecule has 1 unspecified atom stereocenters. The Bertz CT molecular complexity index is 434. The molecule has 3 heterocycles. The number of nitrogens with zero attached hydrogens (tertiary/aromatic N) is 1. The first-order valence-corrected chi connectivity index (χ1v) is 8.47. The first-order valence-electron chi connectivity index (χ1n) is 6.50. The molecule has 18 heavy (non-hydrogen) atoms. The molecule has 1 fully saturated rings. The fourth-order valence-corrected chi connectivity index (χ4v) is 5.07. The molecule has 1 aromatic rings. The van der Waals surface area contributed by atoms with E-state index in [0.717, 1.165) is 36.4 Å². The van der Waals surface area contributed by atoms with Crippen LogP contribution >= 0.6 is 23.1 Å². The maximum Gasteiger partial charge on any atom is 0.264 e. The van der Waals surface area contributed by atoms with Crippen LogP contribution in [0.15, 0.2) is 6.07 Å². The number of fused-ring (bicyclic) bond motifs is 1. The average molecular weight is 282 g/mol. The summed E-state index contributed by atoms with van der Waals surface area (Å²) in [6, 6.07) is 2.37. The van der Waals surface area contributed by atoms with E-state index >= 15 is 0 Å². The monoisotopic (exact) mass is 282 g/mol. The van der Waals surface area contributed by atoms with Gasteiger partial charge < -0.3 is 10.6 Å². The van der Waals surface area contributed by atoms with Gasteiger partial charge in [0, 0.05) is 29.8 Å². The highest BCUT2D eigenvalue weighted by Gasteiger charge is 2.30. The number of thioether (sulfide) groups is 1. The standard InChI is InChI=1S/C13H18N2OS2/c14-7-10-2-1-4-15(10)13(16)12-6-9-8-17-5-3-11(9)18-12/h6,10H,1-5,7-8,14H2. The van der Waals surface area contributed by atoms with Crippen LogP contribution in [0.25, 0.3) is 0 Å². The summed E-state index contributed by atoms with van der Waals surface area (Å²) in [5, 5.41) is 0. The van der Waals surface area contributed by atoms with Gasteiger partial charge in [0.25, 0.3) is 5.91 Å². The molecule has 1 aromatic heterocycles. The van der Waals surface area contributed by atoms with E-state index in [-0.39, 0.29) is 11.9 Å². The smallest absolute Gasteiger partial charge is 0.264 e. The van der Waals surface area contributed by atoms with Gasteiger partial charge in [-0.3, -0.25) is 4.79 Å². The first kappa shape index (κ1) is 12.5. The molecule has 3 rings (SSSR count). The molecule has 0 aliphatic carbocycles. The number of rotatable bonds is 2. The second-order valence-corrected chi connectivity index (χ2v) is 7.13. The Hall–Kier alpha value is -0.520. The molecule has 2 aliphatic heterocycles. The number of nitrogens with two attached hydrogens (primary N) is 1. The summed E-state index contributed by atoms with van der Waals surface area (Å²) in [5.74, 6) is 2.46. The molecular weight excluding hydrogens is 264 g/mol. The lowest BCUT2D eigenvalue weighted by molar-refractivity contribution is 0.0746. The van der Waals surface area contributed by atoms with Crippen LogP contribution in [0.2, 0.25) is 0 Å². The molecule has 1 amide bonds. The van der Waals surface area contributed by atoms with E-state index in [9.17, 15) is 4.79 Å². The molecule has 3 nitrogen and oxygen atoms in total. The van der Waals surface area contributed by atoms with Gasteiger partial charge >= 0.3 is 0 Å². The SMILES string of the molecule is NCC1CCCN1C(=O)c1cc2c(s1)CCSC2. The normalized spacial score (nSPS) is 23.2. The van der Waals surface area contributed by atoms with Crippen molar-refractivity contribution in [2.75, 3.05) is 18.8 Å². The van der Waals surface area contributed by atoms with Crippen LogP contribution in [0.4, 0.5) is 0 Å². The van der Waals surface area contributed by atoms with Crippen molar-refractivity contribution < 1.29 is 4.79 Å². The Labute approximate surface area is 116 Å². The predicted octanol–water partition coefficient (Wildman–Crippen LogP) is 2.10. The van der Waals surface area contributed by atoms with Crippen molar-refractivity contribution in [2.45, 2.75) is 31.1 Å². The molecule has 1 saturated heterocycles. The fourth-order valence-electron chi connectivity index (χ4n) is 2.74. The molecule has 0 spiro atoms. The summed E-state index contributed by atoms with van der Waals surface area (Å²) in [7, 11) is 0. The molecule has 0 aromatic carbocycles. The summed E-state index contributed by atoms with van der Waals surface area (Å²) in [4.78, 5) is 16.8. The minimum absolute atomic E-state index is 0.201. The zero-order chi connectivity index (χ0) is 12.5. The second-order valence-electron chi connectivity index (χ2n) is 4.89. The molecule has 0 radical (unpaired) electrons. The lowest BCUT2D eigenvalue weighted by Gasteiger charge is -2.22. The molecule has 0 bridgehead atoms. The zero-order valence-electron chi connectivity index (χ0n) is 10.4. The summed E-state index contributed by atoms with van der Waals surface area (Å²) in [6.07, 6.45) is 3.27. The van der Waals surface area contributed by atoms with Gasteiger partial charge in [-0.05, 0) is 36.6 Å². The molecule has 98 valence electrons. The fraction of sp³-hybridized carbons (Fsp3) is 0.615. The first-order chi connectivity index (χ1) is 8.79. The predicted molar refractivity (Wildman–Crippen MR) is 77.3 cm³/mol. The molecule has 1 atom stereocenters. The number of hydrogen-bond donors (Lipinski definition) is 1.